The number of nitrogens with zero attached hydrogens (tertiary/aromatic N) is 3. The Labute approximate surface area is 210 Å². The molecule has 0 aliphatic heterocycles. The van der Waals surface area contributed by atoms with Crippen LogP contribution in [0.4, 0.5) is 5.69 Å². The highest BCUT2D eigenvalue weighted by Crippen LogP contribution is 2.20. The number of hydrogen-bond acceptors (Lipinski definition) is 4. The molecule has 1 unspecified atom stereocenters. The molecule has 0 bridgehead atoms. The van der Waals surface area contributed by atoms with Crippen LogP contribution in [0, 0.1) is 0 Å². The number of rotatable bonds is 11. The molecule has 192 valence electrons. The predicted octanol–water partition coefficient (Wildman–Crippen LogP) is 3.06. The number of carbonyl (C=O) groups is 2. The molecule has 0 aromatic heterocycles. The summed E-state index contributed by atoms with van der Waals surface area (Å²) in [5, 5.41) is 2.96. The molecular formula is C26H38N4O4S. The van der Waals surface area contributed by atoms with Crippen molar-refractivity contribution in [1.29, 1.82) is 0 Å². The van der Waals surface area contributed by atoms with Gasteiger partial charge in [0.25, 0.3) is 0 Å². The topological polar surface area (TPSA) is 90.0 Å². The summed E-state index contributed by atoms with van der Waals surface area (Å²) in [5.74, 6) is -0.700. The zero-order valence-electron chi connectivity index (χ0n) is 21.6. The van der Waals surface area contributed by atoms with Crippen molar-refractivity contribution in [3.8, 4) is 0 Å². The quantitative estimate of drug-likeness (QED) is 0.511. The fourth-order valence-corrected chi connectivity index (χ4v) is 4.72. The minimum absolute atomic E-state index is 0.261. The first-order valence-corrected chi connectivity index (χ1v) is 13.2. The first-order valence-electron chi connectivity index (χ1n) is 11.8. The van der Waals surface area contributed by atoms with E-state index in [1.54, 1.807) is 30.3 Å². The lowest BCUT2D eigenvalue weighted by atomic mass is 10.1. The zero-order chi connectivity index (χ0) is 26.2. The first kappa shape index (κ1) is 28.3. The van der Waals surface area contributed by atoms with Crippen molar-refractivity contribution < 1.29 is 18.0 Å². The van der Waals surface area contributed by atoms with Crippen LogP contribution in [0.5, 0.6) is 0 Å². The minimum Gasteiger partial charge on any atom is -0.350 e. The second-order valence-corrected chi connectivity index (χ2v) is 11.7. The van der Waals surface area contributed by atoms with E-state index >= 15 is 0 Å². The summed E-state index contributed by atoms with van der Waals surface area (Å²) in [7, 11) is -1.10. The monoisotopic (exact) mass is 502 g/mol. The average molecular weight is 503 g/mol. The smallest absolute Gasteiger partial charge is 0.304 e. The summed E-state index contributed by atoms with van der Waals surface area (Å²) in [4.78, 5) is 28.4. The van der Waals surface area contributed by atoms with E-state index < -0.39 is 34.2 Å². The van der Waals surface area contributed by atoms with E-state index in [2.05, 4.69) is 5.32 Å². The van der Waals surface area contributed by atoms with Crippen molar-refractivity contribution in [1.82, 2.24) is 14.5 Å². The van der Waals surface area contributed by atoms with E-state index in [1.807, 2.05) is 58.0 Å². The standard InChI is InChI=1S/C26H38N4O4S/c1-7-23(25(32)27-26(2,3)4)29(19-18-21-14-10-8-11-15-21)24(31)20-30(35(33,34)28(5)6)22-16-12-9-13-17-22/h8-17,23H,7,18-20H2,1-6H3,(H,27,32). The lowest BCUT2D eigenvalue weighted by Crippen LogP contribution is -2.56. The van der Waals surface area contributed by atoms with Gasteiger partial charge in [0.1, 0.15) is 12.6 Å². The number of nitrogens with one attached hydrogen (secondary N) is 1. The highest BCUT2D eigenvalue weighted by Gasteiger charge is 2.34. The molecule has 2 rings (SSSR count). The van der Waals surface area contributed by atoms with Gasteiger partial charge in [0, 0.05) is 26.2 Å². The van der Waals surface area contributed by atoms with E-state index in [-0.39, 0.29) is 12.5 Å². The van der Waals surface area contributed by atoms with Crippen LogP contribution >= 0.6 is 0 Å². The second-order valence-electron chi connectivity index (χ2n) is 9.62. The number of para-hydroxylation sites is 1. The molecule has 2 amide bonds. The third-order valence-corrected chi connectivity index (χ3v) is 7.25. The van der Waals surface area contributed by atoms with Gasteiger partial charge in [-0.1, -0.05) is 55.5 Å². The van der Waals surface area contributed by atoms with Crippen LogP contribution in [-0.4, -0.2) is 68.2 Å². The van der Waals surface area contributed by atoms with Crippen molar-refractivity contribution in [2.75, 3.05) is 31.5 Å². The van der Waals surface area contributed by atoms with Gasteiger partial charge in [-0.2, -0.15) is 12.7 Å². The van der Waals surface area contributed by atoms with Gasteiger partial charge in [0.15, 0.2) is 0 Å². The molecule has 1 atom stereocenters. The van der Waals surface area contributed by atoms with Crippen LogP contribution in [0.15, 0.2) is 60.7 Å². The fourth-order valence-electron chi connectivity index (χ4n) is 3.66. The van der Waals surface area contributed by atoms with Gasteiger partial charge in [0.2, 0.25) is 11.8 Å². The maximum atomic E-state index is 13.7. The van der Waals surface area contributed by atoms with Crippen LogP contribution in [-0.2, 0) is 26.2 Å². The van der Waals surface area contributed by atoms with E-state index in [9.17, 15) is 18.0 Å². The molecule has 0 spiro atoms. The number of carbonyl (C=O) groups excluding carboxylic acids is 2. The molecule has 0 aliphatic carbocycles. The molecule has 9 heteroatoms. The number of anilines is 1. The molecule has 8 nitrogen and oxygen atoms in total. The summed E-state index contributed by atoms with van der Waals surface area (Å²) >= 11 is 0. The molecule has 0 radical (unpaired) electrons. The Hall–Kier alpha value is -2.91. The molecule has 0 heterocycles. The Morgan fingerprint density at radius 2 is 1.49 bits per heavy atom. The molecule has 0 saturated heterocycles. The van der Waals surface area contributed by atoms with Crippen molar-refractivity contribution >= 4 is 27.7 Å². The van der Waals surface area contributed by atoms with Crippen molar-refractivity contribution in [3.63, 3.8) is 0 Å². The van der Waals surface area contributed by atoms with Crippen molar-refractivity contribution in [2.45, 2.75) is 52.1 Å². The average Bonchev–Trinajstić information content (AvgIpc) is 2.79. The van der Waals surface area contributed by atoms with Gasteiger partial charge < -0.3 is 10.2 Å². The van der Waals surface area contributed by atoms with Crippen LogP contribution in [0.1, 0.15) is 39.7 Å². The Morgan fingerprint density at radius 3 is 1.97 bits per heavy atom. The molecule has 2 aromatic rings. The van der Waals surface area contributed by atoms with Crippen LogP contribution in [0.3, 0.4) is 0 Å². The largest absolute Gasteiger partial charge is 0.350 e. The molecular weight excluding hydrogens is 464 g/mol. The highest BCUT2D eigenvalue weighted by atomic mass is 32.2. The number of amides is 2. The first-order chi connectivity index (χ1) is 16.4. The predicted molar refractivity (Wildman–Crippen MR) is 140 cm³/mol. The summed E-state index contributed by atoms with van der Waals surface area (Å²) < 4.78 is 28.4. The third-order valence-electron chi connectivity index (χ3n) is 5.43. The molecule has 35 heavy (non-hydrogen) atoms. The van der Waals surface area contributed by atoms with Gasteiger partial charge in [-0.25, -0.2) is 4.31 Å². The van der Waals surface area contributed by atoms with Gasteiger partial charge in [-0.3, -0.25) is 9.59 Å². The normalized spacial score (nSPS) is 12.8. The second kappa shape index (κ2) is 12.2. The van der Waals surface area contributed by atoms with Crippen LogP contribution < -0.4 is 9.62 Å². The maximum absolute atomic E-state index is 13.7. The Bertz CT molecular complexity index is 1070. The van der Waals surface area contributed by atoms with Crippen molar-refractivity contribution in [2.24, 2.45) is 0 Å². The highest BCUT2D eigenvalue weighted by molar-refractivity contribution is 7.90. The summed E-state index contributed by atoms with van der Waals surface area (Å²) in [6.07, 6.45) is 0.936. The van der Waals surface area contributed by atoms with Gasteiger partial charge in [0.05, 0.1) is 5.69 Å². The molecule has 0 saturated carbocycles. The number of benzene rings is 2. The summed E-state index contributed by atoms with van der Waals surface area (Å²) in [6.45, 7) is 7.36. The third kappa shape index (κ3) is 8.07. The van der Waals surface area contributed by atoms with E-state index in [0.29, 0.717) is 18.5 Å². The van der Waals surface area contributed by atoms with E-state index in [0.717, 1.165) is 14.2 Å². The van der Waals surface area contributed by atoms with Crippen LogP contribution in [0.25, 0.3) is 0 Å². The van der Waals surface area contributed by atoms with Gasteiger partial charge >= 0.3 is 10.2 Å². The minimum atomic E-state index is -3.95. The molecule has 2 aromatic carbocycles. The Kier molecular flexibility index (Phi) is 9.85. The fraction of sp³-hybridized carbons (Fsp3) is 0.462. The van der Waals surface area contributed by atoms with Gasteiger partial charge in [-0.15, -0.1) is 0 Å². The van der Waals surface area contributed by atoms with Crippen molar-refractivity contribution in [3.05, 3.63) is 66.2 Å². The Morgan fingerprint density at radius 1 is 0.943 bits per heavy atom. The lowest BCUT2D eigenvalue weighted by Gasteiger charge is -2.35. The Balaban J connectivity index is 2.41. The van der Waals surface area contributed by atoms with E-state index in [1.165, 1.54) is 19.0 Å². The maximum Gasteiger partial charge on any atom is 0.304 e. The van der Waals surface area contributed by atoms with Crippen LogP contribution in [0.2, 0.25) is 0 Å². The van der Waals surface area contributed by atoms with Gasteiger partial charge in [-0.05, 0) is 51.3 Å². The SMILES string of the molecule is CCC(C(=O)NC(C)(C)C)N(CCc1ccccc1)C(=O)CN(c1ccccc1)S(=O)(=O)N(C)C. The zero-order valence-corrected chi connectivity index (χ0v) is 22.4. The van der Waals surface area contributed by atoms with E-state index in [4.69, 9.17) is 0 Å². The molecule has 0 aliphatic rings. The number of hydrogen-bond donors (Lipinski definition) is 1. The lowest BCUT2D eigenvalue weighted by molar-refractivity contribution is -0.140. The summed E-state index contributed by atoms with van der Waals surface area (Å²) in [6, 6.07) is 17.5. The summed E-state index contributed by atoms with van der Waals surface area (Å²) in [5.41, 5.74) is 0.935. The molecule has 1 N–H and O–H groups in total. The molecule has 0 fully saturated rings.